The highest BCUT2D eigenvalue weighted by Gasteiger charge is 2.64. The number of imide groups is 1. The molecule has 3 aliphatic rings. The Morgan fingerprint density at radius 3 is 2.33 bits per heavy atom. The van der Waals surface area contributed by atoms with Crippen LogP contribution in [0.15, 0.2) is 77.3 Å². The number of esters is 1. The Kier molecular flexibility index (Phi) is 6.10. The number of hydrogen-bond donors (Lipinski definition) is 0. The third kappa shape index (κ3) is 3.96. The molecule has 0 bridgehead atoms. The lowest BCUT2D eigenvalue weighted by Gasteiger charge is -2.36. The molecule has 3 heterocycles. The van der Waals surface area contributed by atoms with E-state index in [-0.39, 0.29) is 11.7 Å². The van der Waals surface area contributed by atoms with Crippen LogP contribution in [0.2, 0.25) is 0 Å². The molecule has 3 aliphatic heterocycles. The minimum Gasteiger partial charge on any atom is -0.496 e. The van der Waals surface area contributed by atoms with Crippen molar-refractivity contribution in [3.8, 4) is 11.5 Å². The molecule has 2 saturated heterocycles. The van der Waals surface area contributed by atoms with Crippen molar-refractivity contribution in [2.45, 2.75) is 19.0 Å². The van der Waals surface area contributed by atoms with E-state index in [1.807, 2.05) is 41.3 Å². The molecule has 0 aromatic heterocycles. The third-order valence-corrected chi connectivity index (χ3v) is 8.10. The molecular weight excluding hydrogens is 564 g/mol. The Bertz CT molecular complexity index is 1570. The lowest BCUT2D eigenvalue weighted by Crippen LogP contribution is -2.48. The van der Waals surface area contributed by atoms with Crippen molar-refractivity contribution in [2.24, 2.45) is 11.8 Å². The molecule has 2 fully saturated rings. The average Bonchev–Trinajstić information content (AvgIpc) is 3.41. The lowest BCUT2D eigenvalue weighted by atomic mass is 9.86. The first kappa shape index (κ1) is 25.1. The molecular formula is C30H23BrN2O6. The van der Waals surface area contributed by atoms with Gasteiger partial charge >= 0.3 is 5.97 Å². The summed E-state index contributed by atoms with van der Waals surface area (Å²) >= 11 is 3.45. The molecule has 6 rings (SSSR count). The molecule has 0 radical (unpaired) electrons. The van der Waals surface area contributed by atoms with Gasteiger partial charge in [-0.05, 0) is 70.0 Å². The van der Waals surface area contributed by atoms with Gasteiger partial charge in [-0.15, -0.1) is 0 Å². The largest absolute Gasteiger partial charge is 0.496 e. The fraction of sp³-hybridized carbons (Fsp3) is 0.200. The molecule has 9 heteroatoms. The zero-order valence-electron chi connectivity index (χ0n) is 21.0. The number of halogens is 1. The van der Waals surface area contributed by atoms with Crippen LogP contribution < -0.4 is 19.3 Å². The fourth-order valence-corrected chi connectivity index (χ4v) is 6.43. The van der Waals surface area contributed by atoms with E-state index in [1.54, 1.807) is 37.4 Å². The number of amides is 2. The number of ketones is 1. The molecule has 0 spiro atoms. The number of carbonyl (C=O) groups excluding carboxylic acids is 4. The molecule has 0 unspecified atom stereocenters. The summed E-state index contributed by atoms with van der Waals surface area (Å²) in [5.74, 6) is -2.27. The molecule has 3 aromatic carbocycles. The maximum absolute atomic E-state index is 14.2. The summed E-state index contributed by atoms with van der Waals surface area (Å²) < 4.78 is 11.0. The van der Waals surface area contributed by atoms with Gasteiger partial charge in [-0.1, -0.05) is 30.4 Å². The molecule has 196 valence electrons. The molecule has 3 aromatic rings. The Hall–Kier alpha value is -4.24. The van der Waals surface area contributed by atoms with Crippen molar-refractivity contribution in [1.82, 2.24) is 0 Å². The second-order valence-corrected chi connectivity index (χ2v) is 10.5. The van der Waals surface area contributed by atoms with Crippen LogP contribution in [0.1, 0.15) is 22.8 Å². The van der Waals surface area contributed by atoms with E-state index in [0.29, 0.717) is 27.2 Å². The van der Waals surface area contributed by atoms with Gasteiger partial charge in [0, 0.05) is 18.2 Å². The molecule has 4 atom stereocenters. The standard InChI is InChI=1S/C30H23BrN2O6/c1-16(34)39-20-11-9-19(10-12-20)32-29(36)25-23-13-7-17-5-3-4-6-22(17)33(23)27(26(25)30(32)37)28(35)18-8-14-24(38-2)21(31)15-18/h3-15,23,25-27H,1-2H3/t23-,25-,26+,27-/m0/s1. The summed E-state index contributed by atoms with van der Waals surface area (Å²) in [4.78, 5) is 56.5. The van der Waals surface area contributed by atoms with Crippen LogP contribution in [0, 0.1) is 11.8 Å². The molecule has 0 saturated carbocycles. The second-order valence-electron chi connectivity index (χ2n) is 9.63. The predicted octanol–water partition coefficient (Wildman–Crippen LogP) is 4.66. The van der Waals surface area contributed by atoms with E-state index in [0.717, 1.165) is 16.2 Å². The number of para-hydroxylation sites is 1. The molecule has 0 N–H and O–H groups in total. The van der Waals surface area contributed by atoms with Crippen LogP contribution in [-0.4, -0.2) is 42.8 Å². The van der Waals surface area contributed by atoms with Crippen molar-refractivity contribution in [3.63, 3.8) is 0 Å². The Labute approximate surface area is 232 Å². The highest BCUT2D eigenvalue weighted by Crippen LogP contribution is 2.50. The Morgan fingerprint density at radius 1 is 0.923 bits per heavy atom. The van der Waals surface area contributed by atoms with Gasteiger partial charge < -0.3 is 14.4 Å². The van der Waals surface area contributed by atoms with Gasteiger partial charge in [-0.3, -0.25) is 19.2 Å². The van der Waals surface area contributed by atoms with Gasteiger partial charge in [0.25, 0.3) is 0 Å². The van der Waals surface area contributed by atoms with E-state index in [4.69, 9.17) is 9.47 Å². The van der Waals surface area contributed by atoms with Crippen molar-refractivity contribution < 1.29 is 28.7 Å². The number of rotatable bonds is 5. The summed E-state index contributed by atoms with van der Waals surface area (Å²) in [5.41, 5.74) is 2.49. The van der Waals surface area contributed by atoms with Crippen molar-refractivity contribution in [3.05, 3.63) is 88.4 Å². The van der Waals surface area contributed by atoms with E-state index in [2.05, 4.69) is 15.9 Å². The minimum absolute atomic E-state index is 0.255. The normalized spacial score (nSPS) is 22.8. The van der Waals surface area contributed by atoms with Crippen LogP contribution in [0.5, 0.6) is 11.5 Å². The molecule has 0 aliphatic carbocycles. The highest BCUT2D eigenvalue weighted by atomic mass is 79.9. The number of fused-ring (bicyclic) bond motifs is 5. The van der Waals surface area contributed by atoms with Gasteiger partial charge in [0.2, 0.25) is 11.8 Å². The maximum atomic E-state index is 14.2. The topological polar surface area (TPSA) is 93.2 Å². The number of benzene rings is 3. The second kappa shape index (κ2) is 9.50. The van der Waals surface area contributed by atoms with Gasteiger partial charge in [0.1, 0.15) is 17.5 Å². The van der Waals surface area contributed by atoms with Crippen molar-refractivity contribution in [2.75, 3.05) is 16.9 Å². The summed E-state index contributed by atoms with van der Waals surface area (Å²) in [6, 6.07) is 17.5. The van der Waals surface area contributed by atoms with E-state index in [1.165, 1.54) is 19.1 Å². The zero-order valence-corrected chi connectivity index (χ0v) is 22.6. The number of Topliss-reactive ketones (excluding diaryl/α,β-unsaturated/α-hetero) is 1. The van der Waals surface area contributed by atoms with Crippen LogP contribution in [-0.2, 0) is 14.4 Å². The van der Waals surface area contributed by atoms with Gasteiger partial charge in [-0.25, -0.2) is 4.90 Å². The molecule has 39 heavy (non-hydrogen) atoms. The number of methoxy groups -OCH3 is 1. The Balaban J connectivity index is 1.43. The van der Waals surface area contributed by atoms with Gasteiger partial charge in [0.05, 0.1) is 35.1 Å². The smallest absolute Gasteiger partial charge is 0.308 e. The monoisotopic (exact) mass is 586 g/mol. The van der Waals surface area contributed by atoms with Crippen LogP contribution in [0.3, 0.4) is 0 Å². The number of ether oxygens (including phenoxy) is 2. The maximum Gasteiger partial charge on any atom is 0.308 e. The lowest BCUT2D eigenvalue weighted by molar-refractivity contribution is -0.132. The average molecular weight is 587 g/mol. The van der Waals surface area contributed by atoms with Crippen LogP contribution >= 0.6 is 15.9 Å². The summed E-state index contributed by atoms with van der Waals surface area (Å²) in [6.07, 6.45) is 3.86. The van der Waals surface area contributed by atoms with Crippen LogP contribution in [0.25, 0.3) is 6.08 Å². The first-order valence-corrected chi connectivity index (χ1v) is 13.2. The number of carbonyl (C=O) groups is 4. The molecule has 8 nitrogen and oxygen atoms in total. The molecule has 2 amide bonds. The van der Waals surface area contributed by atoms with E-state index < -0.39 is 35.8 Å². The summed E-state index contributed by atoms with van der Waals surface area (Å²) in [5, 5.41) is 0. The summed E-state index contributed by atoms with van der Waals surface area (Å²) in [7, 11) is 1.54. The van der Waals surface area contributed by atoms with E-state index in [9.17, 15) is 19.2 Å². The van der Waals surface area contributed by atoms with Crippen molar-refractivity contribution in [1.29, 1.82) is 0 Å². The van der Waals surface area contributed by atoms with E-state index >= 15 is 0 Å². The first-order chi connectivity index (χ1) is 18.8. The number of anilines is 2. The number of hydrogen-bond acceptors (Lipinski definition) is 7. The SMILES string of the molecule is COc1ccc(C(=O)[C@@H]2[C@@H]3C(=O)N(c4ccc(OC(C)=O)cc4)C(=O)[C@H]3[C@@H]3C=Cc4ccccc4N23)cc1Br. The third-order valence-electron chi connectivity index (χ3n) is 7.48. The predicted molar refractivity (Wildman–Crippen MR) is 148 cm³/mol. The quantitative estimate of drug-likeness (QED) is 0.186. The van der Waals surface area contributed by atoms with Crippen molar-refractivity contribution >= 4 is 56.9 Å². The van der Waals surface area contributed by atoms with Crippen LogP contribution in [0.4, 0.5) is 11.4 Å². The number of nitrogens with zero attached hydrogens (tertiary/aromatic N) is 2. The minimum atomic E-state index is -0.895. The first-order valence-electron chi connectivity index (χ1n) is 12.4. The fourth-order valence-electron chi connectivity index (χ4n) is 5.89. The highest BCUT2D eigenvalue weighted by molar-refractivity contribution is 9.10. The van der Waals surface area contributed by atoms with Gasteiger partial charge in [0.15, 0.2) is 5.78 Å². The summed E-state index contributed by atoms with van der Waals surface area (Å²) in [6.45, 7) is 1.29. The van der Waals surface area contributed by atoms with Gasteiger partial charge in [-0.2, -0.15) is 0 Å². The Morgan fingerprint density at radius 2 is 1.64 bits per heavy atom. The zero-order chi connectivity index (χ0) is 27.4.